The fourth-order valence-electron chi connectivity index (χ4n) is 0.896. The van der Waals surface area contributed by atoms with Crippen molar-refractivity contribution < 1.29 is 30.3 Å². The van der Waals surface area contributed by atoms with E-state index in [2.05, 4.69) is 0 Å². The second-order valence-corrected chi connectivity index (χ2v) is 2.48. The summed E-state index contributed by atoms with van der Waals surface area (Å²) in [6, 6.07) is 0. The lowest BCUT2D eigenvalue weighted by Gasteiger charge is -2.26. The molecule has 0 fully saturated rings. The topological polar surface area (TPSA) is 118 Å². The quantitative estimate of drug-likeness (QED) is 0.291. The highest BCUT2D eigenvalue weighted by atomic mass is 16.4. The van der Waals surface area contributed by atoms with Crippen LogP contribution in [0.1, 0.15) is 0 Å². The first-order chi connectivity index (χ1) is 5.46. The highest BCUT2D eigenvalue weighted by Gasteiger charge is 2.41. The van der Waals surface area contributed by atoms with Gasteiger partial charge in [-0.3, -0.25) is 4.79 Å². The maximum absolute atomic E-state index is 10.7. The SMILES string of the molecule is O=C1C(O)=C(O)C(O)C(O)C1O. The van der Waals surface area contributed by atoms with Gasteiger partial charge in [0.15, 0.2) is 5.76 Å². The van der Waals surface area contributed by atoms with Crippen LogP contribution in [0.2, 0.25) is 0 Å². The number of Topliss-reactive ketones (excluding diaryl/α,β-unsaturated/α-hetero) is 1. The first-order valence-corrected chi connectivity index (χ1v) is 3.17. The molecule has 0 bridgehead atoms. The van der Waals surface area contributed by atoms with Crippen LogP contribution in [0.25, 0.3) is 0 Å². The Labute approximate surface area is 67.0 Å². The number of carbonyl (C=O) groups excluding carboxylic acids is 1. The number of ketones is 1. The van der Waals surface area contributed by atoms with Gasteiger partial charge >= 0.3 is 0 Å². The highest BCUT2D eigenvalue weighted by molar-refractivity contribution is 5.98. The van der Waals surface area contributed by atoms with E-state index in [1.807, 2.05) is 0 Å². The van der Waals surface area contributed by atoms with Crippen molar-refractivity contribution in [3.8, 4) is 0 Å². The number of hydrogen-bond donors (Lipinski definition) is 5. The molecule has 12 heavy (non-hydrogen) atoms. The summed E-state index contributed by atoms with van der Waals surface area (Å²) in [5.74, 6) is -3.33. The average Bonchev–Trinajstić information content (AvgIpc) is 2.08. The Bertz CT molecular complexity index is 244. The van der Waals surface area contributed by atoms with Crippen LogP contribution < -0.4 is 0 Å². The third-order valence-corrected chi connectivity index (χ3v) is 1.67. The van der Waals surface area contributed by atoms with Gasteiger partial charge in [0.2, 0.25) is 11.5 Å². The van der Waals surface area contributed by atoms with E-state index in [0.717, 1.165) is 0 Å². The first kappa shape index (κ1) is 8.98. The number of rotatable bonds is 0. The van der Waals surface area contributed by atoms with Gasteiger partial charge in [-0.2, -0.15) is 0 Å². The third-order valence-electron chi connectivity index (χ3n) is 1.67. The Balaban J connectivity index is 3.08. The zero-order valence-electron chi connectivity index (χ0n) is 5.88. The van der Waals surface area contributed by atoms with E-state index in [1.54, 1.807) is 0 Å². The molecule has 0 aromatic rings. The number of aliphatic hydroxyl groups is 5. The Morgan fingerprint density at radius 2 is 1.50 bits per heavy atom. The molecule has 0 saturated carbocycles. The summed E-state index contributed by atoms with van der Waals surface area (Å²) in [7, 11) is 0. The summed E-state index contributed by atoms with van der Waals surface area (Å²) in [6.45, 7) is 0. The summed E-state index contributed by atoms with van der Waals surface area (Å²) >= 11 is 0. The highest BCUT2D eigenvalue weighted by Crippen LogP contribution is 2.19. The van der Waals surface area contributed by atoms with Crippen LogP contribution in [0.15, 0.2) is 11.5 Å². The lowest BCUT2D eigenvalue weighted by atomic mass is 9.94. The van der Waals surface area contributed by atoms with Crippen LogP contribution in [0.3, 0.4) is 0 Å². The van der Waals surface area contributed by atoms with E-state index in [9.17, 15) is 4.79 Å². The Morgan fingerprint density at radius 1 is 1.00 bits per heavy atom. The fourth-order valence-corrected chi connectivity index (χ4v) is 0.896. The van der Waals surface area contributed by atoms with Crippen LogP contribution in [-0.4, -0.2) is 49.6 Å². The molecular formula is C6H8O6. The molecule has 1 rings (SSSR count). The molecule has 6 heteroatoms. The molecule has 68 valence electrons. The predicted octanol–water partition coefficient (Wildman–Crippen LogP) is -2.02. The summed E-state index contributed by atoms with van der Waals surface area (Å²) in [6.07, 6.45) is -5.51. The molecule has 0 spiro atoms. The lowest BCUT2D eigenvalue weighted by Crippen LogP contribution is -2.48. The Kier molecular flexibility index (Phi) is 2.05. The Morgan fingerprint density at radius 3 is 2.00 bits per heavy atom. The molecule has 1 aliphatic rings. The zero-order chi connectivity index (χ0) is 9.46. The zero-order valence-corrected chi connectivity index (χ0v) is 5.88. The molecule has 0 aliphatic heterocycles. The van der Waals surface area contributed by atoms with Crippen molar-refractivity contribution >= 4 is 5.78 Å². The van der Waals surface area contributed by atoms with Gasteiger partial charge in [-0.05, 0) is 0 Å². The number of carbonyl (C=O) groups is 1. The van der Waals surface area contributed by atoms with Crippen LogP contribution in [0.4, 0.5) is 0 Å². The maximum atomic E-state index is 10.7. The van der Waals surface area contributed by atoms with E-state index < -0.39 is 35.6 Å². The minimum atomic E-state index is -1.89. The molecule has 6 nitrogen and oxygen atoms in total. The van der Waals surface area contributed by atoms with E-state index in [4.69, 9.17) is 25.5 Å². The van der Waals surface area contributed by atoms with Crippen LogP contribution in [-0.2, 0) is 4.79 Å². The van der Waals surface area contributed by atoms with E-state index in [-0.39, 0.29) is 0 Å². The lowest BCUT2D eigenvalue weighted by molar-refractivity contribution is -0.141. The van der Waals surface area contributed by atoms with Crippen LogP contribution >= 0.6 is 0 Å². The third kappa shape index (κ3) is 1.06. The molecule has 5 N–H and O–H groups in total. The van der Waals surface area contributed by atoms with Gasteiger partial charge in [0.05, 0.1) is 0 Å². The minimum absolute atomic E-state index is 1.02. The average molecular weight is 176 g/mol. The van der Waals surface area contributed by atoms with Gasteiger partial charge in [-0.25, -0.2) is 0 Å². The molecule has 0 aromatic heterocycles. The van der Waals surface area contributed by atoms with Crippen molar-refractivity contribution in [2.45, 2.75) is 18.3 Å². The molecule has 0 aromatic carbocycles. The number of hydrogen-bond acceptors (Lipinski definition) is 6. The van der Waals surface area contributed by atoms with E-state index in [1.165, 1.54) is 0 Å². The smallest absolute Gasteiger partial charge is 0.231 e. The van der Waals surface area contributed by atoms with E-state index in [0.29, 0.717) is 0 Å². The van der Waals surface area contributed by atoms with Gasteiger partial charge in [0, 0.05) is 0 Å². The van der Waals surface area contributed by atoms with Gasteiger partial charge in [-0.15, -0.1) is 0 Å². The van der Waals surface area contributed by atoms with Crippen molar-refractivity contribution in [1.82, 2.24) is 0 Å². The molecule has 1 aliphatic carbocycles. The largest absolute Gasteiger partial charge is 0.506 e. The van der Waals surface area contributed by atoms with Crippen molar-refractivity contribution in [1.29, 1.82) is 0 Å². The molecule has 0 radical (unpaired) electrons. The first-order valence-electron chi connectivity index (χ1n) is 3.17. The summed E-state index contributed by atoms with van der Waals surface area (Å²) in [5.41, 5.74) is 0. The molecule has 0 heterocycles. The summed E-state index contributed by atoms with van der Waals surface area (Å²) in [5, 5.41) is 44.1. The maximum Gasteiger partial charge on any atom is 0.231 e. The van der Waals surface area contributed by atoms with Crippen molar-refractivity contribution in [3.63, 3.8) is 0 Å². The van der Waals surface area contributed by atoms with Gasteiger partial charge in [0.25, 0.3) is 0 Å². The minimum Gasteiger partial charge on any atom is -0.506 e. The van der Waals surface area contributed by atoms with Crippen LogP contribution in [0, 0.1) is 0 Å². The summed E-state index contributed by atoms with van der Waals surface area (Å²) in [4.78, 5) is 10.7. The standard InChI is InChI=1S/C6H8O6/c7-1-2(8)4(10)6(12)5(11)3(1)9/h1-3,7-10,12H. The molecule has 3 atom stereocenters. The predicted molar refractivity (Wildman–Crippen MR) is 35.3 cm³/mol. The molecule has 0 saturated heterocycles. The number of aliphatic hydroxyl groups excluding tert-OH is 5. The van der Waals surface area contributed by atoms with Crippen molar-refractivity contribution in [3.05, 3.63) is 11.5 Å². The van der Waals surface area contributed by atoms with Crippen molar-refractivity contribution in [2.75, 3.05) is 0 Å². The van der Waals surface area contributed by atoms with Gasteiger partial charge in [0.1, 0.15) is 18.3 Å². The second-order valence-electron chi connectivity index (χ2n) is 2.48. The van der Waals surface area contributed by atoms with Gasteiger partial charge < -0.3 is 25.5 Å². The van der Waals surface area contributed by atoms with Crippen molar-refractivity contribution in [2.24, 2.45) is 0 Å². The fraction of sp³-hybridized carbons (Fsp3) is 0.500. The van der Waals surface area contributed by atoms with E-state index >= 15 is 0 Å². The van der Waals surface area contributed by atoms with Gasteiger partial charge in [-0.1, -0.05) is 0 Å². The second kappa shape index (κ2) is 2.74. The molecule has 0 amide bonds. The van der Waals surface area contributed by atoms with Crippen LogP contribution in [0.5, 0.6) is 0 Å². The normalized spacial score (nSPS) is 37.2. The molecular weight excluding hydrogens is 168 g/mol. The monoisotopic (exact) mass is 176 g/mol. The summed E-state index contributed by atoms with van der Waals surface area (Å²) < 4.78 is 0. The molecule has 3 unspecified atom stereocenters. The Hall–Kier alpha value is -1.11.